The van der Waals surface area contributed by atoms with Crippen molar-refractivity contribution in [2.75, 3.05) is 13.2 Å². The molecule has 0 aliphatic rings. The lowest BCUT2D eigenvalue weighted by molar-refractivity contribution is 0.0330. The van der Waals surface area contributed by atoms with E-state index in [1.807, 2.05) is 0 Å². The van der Waals surface area contributed by atoms with Crippen molar-refractivity contribution < 1.29 is 27.8 Å². The number of hydrogen-bond donors (Lipinski definition) is 2. The van der Waals surface area contributed by atoms with Gasteiger partial charge in [-0.2, -0.15) is 0 Å². The van der Waals surface area contributed by atoms with Crippen molar-refractivity contribution in [2.45, 2.75) is 19.0 Å². The predicted molar refractivity (Wildman–Crippen MR) is 76.3 cm³/mol. The van der Waals surface area contributed by atoms with Crippen LogP contribution < -0.4 is 10.1 Å². The molecule has 124 valence electrons. The zero-order valence-electron chi connectivity index (χ0n) is 12.3. The summed E-state index contributed by atoms with van der Waals surface area (Å²) in [7, 11) is 0. The molecular formula is C15H16F2N2O4. The molecular weight excluding hydrogens is 310 g/mol. The summed E-state index contributed by atoms with van der Waals surface area (Å²) in [5, 5.41) is 12.8. The molecule has 0 aliphatic carbocycles. The quantitative estimate of drug-likeness (QED) is 0.812. The van der Waals surface area contributed by atoms with Crippen molar-refractivity contribution in [2.24, 2.45) is 0 Å². The molecule has 1 amide bonds. The maximum atomic E-state index is 12.1. The summed E-state index contributed by atoms with van der Waals surface area (Å²) in [6.07, 6.45) is 0.0688. The third-order valence-corrected chi connectivity index (χ3v) is 3.00. The zero-order valence-corrected chi connectivity index (χ0v) is 12.3. The Balaban J connectivity index is 1.97. The Kier molecular flexibility index (Phi) is 5.28. The third kappa shape index (κ3) is 4.75. The van der Waals surface area contributed by atoms with Crippen molar-refractivity contribution >= 4 is 5.91 Å². The van der Waals surface area contributed by atoms with E-state index in [-0.39, 0.29) is 18.0 Å². The highest BCUT2D eigenvalue weighted by atomic mass is 19.3. The minimum Gasteiger partial charge on any atom is -0.472 e. The van der Waals surface area contributed by atoms with E-state index in [2.05, 4.69) is 10.3 Å². The van der Waals surface area contributed by atoms with Gasteiger partial charge in [-0.15, -0.1) is 0 Å². The van der Waals surface area contributed by atoms with Crippen molar-refractivity contribution in [3.63, 3.8) is 0 Å². The van der Waals surface area contributed by atoms with Crippen LogP contribution >= 0.6 is 0 Å². The van der Waals surface area contributed by atoms with E-state index in [4.69, 9.17) is 9.15 Å². The molecule has 23 heavy (non-hydrogen) atoms. The lowest BCUT2D eigenvalue weighted by Gasteiger charge is -2.21. The number of halogens is 2. The minimum absolute atomic E-state index is 0.0734. The molecule has 0 spiro atoms. The number of carbonyl (C=O) groups excluding carboxylic acids is 1. The highest BCUT2D eigenvalue weighted by Crippen LogP contribution is 2.20. The van der Waals surface area contributed by atoms with Gasteiger partial charge in [-0.05, 0) is 25.1 Å². The van der Waals surface area contributed by atoms with Gasteiger partial charge in [0.25, 0.3) is 12.3 Å². The fourth-order valence-electron chi connectivity index (χ4n) is 1.80. The summed E-state index contributed by atoms with van der Waals surface area (Å²) in [6.45, 7) is 0.607. The standard InChI is InChI=1S/C15H16F2N2O4/c1-15(21,11-3-2-6-22-11)9-19-14(20)10-4-5-18-13(7-10)23-8-12(16)17/h2-7,12,21H,8-9H2,1H3,(H,19,20). The Morgan fingerprint density at radius 3 is 2.96 bits per heavy atom. The lowest BCUT2D eigenvalue weighted by Crippen LogP contribution is -2.38. The second-order valence-corrected chi connectivity index (χ2v) is 5.02. The summed E-state index contributed by atoms with van der Waals surface area (Å²) < 4.78 is 34.1. The van der Waals surface area contributed by atoms with Crippen molar-refractivity contribution in [1.82, 2.24) is 10.3 Å². The lowest BCUT2D eigenvalue weighted by atomic mass is 10.0. The van der Waals surface area contributed by atoms with Crippen LogP contribution in [0.15, 0.2) is 41.1 Å². The number of hydrogen-bond acceptors (Lipinski definition) is 5. The van der Waals surface area contributed by atoms with Gasteiger partial charge >= 0.3 is 0 Å². The summed E-state index contributed by atoms with van der Waals surface area (Å²) >= 11 is 0. The normalized spacial score (nSPS) is 13.6. The number of nitrogens with zero attached hydrogens (tertiary/aromatic N) is 1. The fourth-order valence-corrected chi connectivity index (χ4v) is 1.80. The Morgan fingerprint density at radius 2 is 2.30 bits per heavy atom. The largest absolute Gasteiger partial charge is 0.472 e. The third-order valence-electron chi connectivity index (χ3n) is 3.00. The first kappa shape index (κ1) is 16.9. The van der Waals surface area contributed by atoms with Crippen molar-refractivity contribution in [3.8, 4) is 5.88 Å². The highest BCUT2D eigenvalue weighted by molar-refractivity contribution is 5.94. The molecule has 0 aromatic carbocycles. The molecule has 0 radical (unpaired) electrons. The Hall–Kier alpha value is -2.48. The van der Waals surface area contributed by atoms with Crippen molar-refractivity contribution in [1.29, 1.82) is 0 Å². The van der Waals surface area contributed by atoms with Crippen LogP contribution in [0.25, 0.3) is 0 Å². The van der Waals surface area contributed by atoms with E-state index < -0.39 is 24.5 Å². The average molecular weight is 326 g/mol. The maximum Gasteiger partial charge on any atom is 0.272 e. The van der Waals surface area contributed by atoms with E-state index in [1.165, 1.54) is 31.5 Å². The topological polar surface area (TPSA) is 84.6 Å². The zero-order chi connectivity index (χ0) is 16.9. The summed E-state index contributed by atoms with van der Waals surface area (Å²) in [6, 6.07) is 5.88. The van der Waals surface area contributed by atoms with Crippen molar-refractivity contribution in [3.05, 3.63) is 48.0 Å². The minimum atomic E-state index is -2.63. The first-order valence-electron chi connectivity index (χ1n) is 6.80. The van der Waals surface area contributed by atoms with E-state index in [0.29, 0.717) is 5.76 Å². The number of alkyl halides is 2. The van der Waals surface area contributed by atoms with Gasteiger partial charge in [-0.25, -0.2) is 13.8 Å². The SMILES string of the molecule is CC(O)(CNC(=O)c1ccnc(OCC(F)F)c1)c1ccco1. The number of aliphatic hydroxyl groups is 1. The molecule has 6 nitrogen and oxygen atoms in total. The van der Waals surface area contributed by atoms with Crippen LogP contribution in [0.3, 0.4) is 0 Å². The molecule has 0 aliphatic heterocycles. The number of aromatic nitrogens is 1. The van der Waals surface area contributed by atoms with Crippen LogP contribution in [0.5, 0.6) is 5.88 Å². The van der Waals surface area contributed by atoms with E-state index in [0.717, 1.165) is 0 Å². The fraction of sp³-hybridized carbons (Fsp3) is 0.333. The van der Waals surface area contributed by atoms with E-state index in [1.54, 1.807) is 12.1 Å². The smallest absolute Gasteiger partial charge is 0.272 e. The second-order valence-electron chi connectivity index (χ2n) is 5.02. The number of rotatable bonds is 7. The van der Waals surface area contributed by atoms with Gasteiger partial charge in [0, 0.05) is 17.8 Å². The number of amides is 1. The average Bonchev–Trinajstić information content (AvgIpc) is 3.06. The monoisotopic (exact) mass is 326 g/mol. The van der Waals surface area contributed by atoms with Crippen LogP contribution in [0.4, 0.5) is 8.78 Å². The number of furan rings is 1. The molecule has 2 rings (SSSR count). The number of pyridine rings is 1. The van der Waals surface area contributed by atoms with E-state index in [9.17, 15) is 18.7 Å². The molecule has 2 aromatic rings. The maximum absolute atomic E-state index is 12.1. The van der Waals surface area contributed by atoms with Gasteiger partial charge < -0.3 is 19.6 Å². The molecule has 0 bridgehead atoms. The van der Waals surface area contributed by atoms with Crippen LogP contribution in [-0.2, 0) is 5.60 Å². The Bertz CT molecular complexity index is 645. The van der Waals surface area contributed by atoms with Gasteiger partial charge in [-0.3, -0.25) is 4.79 Å². The molecule has 2 heterocycles. The number of carbonyl (C=O) groups is 1. The molecule has 0 fully saturated rings. The van der Waals surface area contributed by atoms with Crippen LogP contribution in [-0.4, -0.2) is 35.6 Å². The van der Waals surface area contributed by atoms with Gasteiger partial charge in [0.15, 0.2) is 6.61 Å². The van der Waals surface area contributed by atoms with Gasteiger partial charge in [0.2, 0.25) is 5.88 Å². The molecule has 2 aromatic heterocycles. The molecule has 0 saturated heterocycles. The van der Waals surface area contributed by atoms with Gasteiger partial charge in [-0.1, -0.05) is 0 Å². The molecule has 0 saturated carbocycles. The van der Waals surface area contributed by atoms with Gasteiger partial charge in [0.05, 0.1) is 12.8 Å². The van der Waals surface area contributed by atoms with Crippen LogP contribution in [0.2, 0.25) is 0 Å². The Morgan fingerprint density at radius 1 is 1.52 bits per heavy atom. The molecule has 1 atom stereocenters. The highest BCUT2D eigenvalue weighted by Gasteiger charge is 2.27. The molecule has 8 heteroatoms. The summed E-state index contributed by atoms with van der Waals surface area (Å²) in [5.41, 5.74) is -1.19. The number of nitrogens with one attached hydrogen (secondary N) is 1. The van der Waals surface area contributed by atoms with Gasteiger partial charge in [0.1, 0.15) is 11.4 Å². The second kappa shape index (κ2) is 7.19. The molecule has 1 unspecified atom stereocenters. The van der Waals surface area contributed by atoms with Crippen LogP contribution in [0.1, 0.15) is 23.0 Å². The molecule has 2 N–H and O–H groups in total. The Labute approximate surface area is 131 Å². The van der Waals surface area contributed by atoms with E-state index >= 15 is 0 Å². The predicted octanol–water partition coefficient (Wildman–Crippen LogP) is 1.96. The number of ether oxygens (including phenoxy) is 1. The summed E-state index contributed by atoms with van der Waals surface area (Å²) in [4.78, 5) is 15.8. The first-order chi connectivity index (χ1) is 10.9. The van der Waals surface area contributed by atoms with Crippen LogP contribution in [0, 0.1) is 0 Å². The summed E-state index contributed by atoms with van der Waals surface area (Å²) in [5.74, 6) is -0.259. The first-order valence-corrected chi connectivity index (χ1v) is 6.80.